The lowest BCUT2D eigenvalue weighted by atomic mass is 10.0. The standard InChI is InChI=1S/C21H31NO4S/c1-3-5-9-17(4-2)16-26-13-8-12-22-27(24,25)21-15-19-11-7-6-10-18(19)14-20(21)23/h6-7,10-11,14-15,17,22-23H,3-5,8-9,12-13,16H2,1-2H3. The van der Waals surface area contributed by atoms with Crippen molar-refractivity contribution in [2.24, 2.45) is 5.92 Å². The SMILES string of the molecule is CCCCC(CC)COCCCNS(=O)(=O)c1cc2ccccc2cc1O. The molecule has 0 bridgehead atoms. The second-order valence-electron chi connectivity index (χ2n) is 6.91. The van der Waals surface area contributed by atoms with E-state index in [0.717, 1.165) is 23.8 Å². The third kappa shape index (κ3) is 6.48. The van der Waals surface area contributed by atoms with E-state index in [0.29, 0.717) is 18.9 Å². The van der Waals surface area contributed by atoms with E-state index in [9.17, 15) is 13.5 Å². The van der Waals surface area contributed by atoms with Crippen LogP contribution in [0.2, 0.25) is 0 Å². The Balaban J connectivity index is 1.82. The van der Waals surface area contributed by atoms with Crippen molar-refractivity contribution >= 4 is 20.8 Å². The molecule has 1 atom stereocenters. The number of sulfonamides is 1. The fourth-order valence-corrected chi connectivity index (χ4v) is 4.21. The molecular weight excluding hydrogens is 362 g/mol. The van der Waals surface area contributed by atoms with Crippen LogP contribution in [0, 0.1) is 5.92 Å². The Morgan fingerprint density at radius 2 is 1.81 bits per heavy atom. The number of unbranched alkanes of at least 4 members (excludes halogenated alkanes) is 1. The summed E-state index contributed by atoms with van der Waals surface area (Å²) in [5, 5.41) is 11.7. The van der Waals surface area contributed by atoms with Gasteiger partial charge in [-0.1, -0.05) is 57.4 Å². The summed E-state index contributed by atoms with van der Waals surface area (Å²) in [5.41, 5.74) is 0. The molecule has 0 saturated carbocycles. The molecule has 2 rings (SSSR count). The van der Waals surface area contributed by atoms with E-state index in [1.807, 2.05) is 24.3 Å². The number of nitrogens with one attached hydrogen (secondary N) is 1. The van der Waals surface area contributed by atoms with Gasteiger partial charge in [0.15, 0.2) is 0 Å². The van der Waals surface area contributed by atoms with Gasteiger partial charge in [-0.2, -0.15) is 0 Å². The zero-order chi connectivity index (χ0) is 19.7. The summed E-state index contributed by atoms with van der Waals surface area (Å²) >= 11 is 0. The minimum Gasteiger partial charge on any atom is -0.507 e. The average molecular weight is 394 g/mol. The largest absolute Gasteiger partial charge is 0.507 e. The van der Waals surface area contributed by atoms with Crippen LogP contribution in [-0.2, 0) is 14.8 Å². The Labute approximate surface area is 162 Å². The highest BCUT2D eigenvalue weighted by Crippen LogP contribution is 2.28. The molecule has 0 aliphatic carbocycles. The lowest BCUT2D eigenvalue weighted by molar-refractivity contribution is 0.0928. The summed E-state index contributed by atoms with van der Waals surface area (Å²) < 4.78 is 33.2. The van der Waals surface area contributed by atoms with Gasteiger partial charge in [0.2, 0.25) is 10.0 Å². The molecule has 0 aliphatic rings. The van der Waals surface area contributed by atoms with E-state index in [1.54, 1.807) is 0 Å². The van der Waals surface area contributed by atoms with Crippen molar-refractivity contribution in [1.29, 1.82) is 0 Å². The monoisotopic (exact) mass is 393 g/mol. The van der Waals surface area contributed by atoms with E-state index in [1.165, 1.54) is 31.4 Å². The summed E-state index contributed by atoms with van der Waals surface area (Å²) in [7, 11) is -3.76. The van der Waals surface area contributed by atoms with E-state index in [4.69, 9.17) is 4.74 Å². The fourth-order valence-electron chi connectivity index (χ4n) is 3.03. The zero-order valence-corrected chi connectivity index (χ0v) is 17.1. The lowest BCUT2D eigenvalue weighted by Crippen LogP contribution is -2.26. The van der Waals surface area contributed by atoms with Crippen LogP contribution < -0.4 is 4.72 Å². The Bertz CT molecular complexity index is 820. The quantitative estimate of drug-likeness (QED) is 0.523. The minimum atomic E-state index is -3.76. The molecular formula is C21H31NO4S. The molecule has 2 aromatic carbocycles. The Hall–Kier alpha value is -1.63. The summed E-state index contributed by atoms with van der Waals surface area (Å²) in [5.74, 6) is 0.343. The fraction of sp³-hybridized carbons (Fsp3) is 0.524. The van der Waals surface area contributed by atoms with Crippen LogP contribution in [0.25, 0.3) is 10.8 Å². The number of phenols is 1. The minimum absolute atomic E-state index is 0.0901. The summed E-state index contributed by atoms with van der Waals surface area (Å²) in [4.78, 5) is -0.0901. The maximum atomic E-state index is 12.5. The van der Waals surface area contributed by atoms with Crippen molar-refractivity contribution in [3.8, 4) is 5.75 Å². The van der Waals surface area contributed by atoms with Gasteiger partial charge in [0.05, 0.1) is 0 Å². The highest BCUT2D eigenvalue weighted by molar-refractivity contribution is 7.89. The molecule has 0 fully saturated rings. The van der Waals surface area contributed by atoms with Gasteiger partial charge in [0, 0.05) is 19.8 Å². The molecule has 6 heteroatoms. The molecule has 1 unspecified atom stereocenters. The van der Waals surface area contributed by atoms with E-state index in [-0.39, 0.29) is 17.2 Å². The Morgan fingerprint density at radius 1 is 1.11 bits per heavy atom. The first kappa shape index (κ1) is 21.7. The highest BCUT2D eigenvalue weighted by atomic mass is 32.2. The second-order valence-corrected chi connectivity index (χ2v) is 8.65. The first-order chi connectivity index (χ1) is 13.0. The van der Waals surface area contributed by atoms with Gasteiger partial charge in [-0.3, -0.25) is 0 Å². The number of hydrogen-bond donors (Lipinski definition) is 2. The van der Waals surface area contributed by atoms with Crippen LogP contribution in [0.4, 0.5) is 0 Å². The predicted molar refractivity (Wildman–Crippen MR) is 110 cm³/mol. The number of rotatable bonds is 12. The molecule has 2 aromatic rings. The maximum Gasteiger partial charge on any atom is 0.244 e. The first-order valence-electron chi connectivity index (χ1n) is 9.77. The number of phenolic OH excluding ortho intramolecular Hbond substituents is 1. The number of ether oxygens (including phenoxy) is 1. The predicted octanol–water partition coefficient (Wildman–Crippen LogP) is 4.45. The molecule has 0 amide bonds. The van der Waals surface area contributed by atoms with Gasteiger partial charge in [0.1, 0.15) is 10.6 Å². The van der Waals surface area contributed by atoms with Crippen LogP contribution in [0.3, 0.4) is 0 Å². The summed E-state index contributed by atoms with van der Waals surface area (Å²) in [6.45, 7) is 5.89. The van der Waals surface area contributed by atoms with Gasteiger partial charge in [-0.15, -0.1) is 0 Å². The molecule has 0 saturated heterocycles. The van der Waals surface area contributed by atoms with Crippen LogP contribution >= 0.6 is 0 Å². The molecule has 0 radical (unpaired) electrons. The summed E-state index contributed by atoms with van der Waals surface area (Å²) in [6, 6.07) is 10.3. The first-order valence-corrected chi connectivity index (χ1v) is 11.3. The smallest absolute Gasteiger partial charge is 0.244 e. The van der Waals surface area contributed by atoms with Gasteiger partial charge in [0.25, 0.3) is 0 Å². The lowest BCUT2D eigenvalue weighted by Gasteiger charge is -2.15. The van der Waals surface area contributed by atoms with Gasteiger partial charge < -0.3 is 9.84 Å². The van der Waals surface area contributed by atoms with E-state index in [2.05, 4.69) is 18.6 Å². The zero-order valence-electron chi connectivity index (χ0n) is 16.3. The van der Waals surface area contributed by atoms with Gasteiger partial charge in [-0.05, 0) is 41.7 Å². The van der Waals surface area contributed by atoms with Crippen molar-refractivity contribution in [3.05, 3.63) is 36.4 Å². The van der Waals surface area contributed by atoms with Crippen molar-refractivity contribution in [2.45, 2.75) is 50.8 Å². The van der Waals surface area contributed by atoms with Crippen LogP contribution in [0.15, 0.2) is 41.3 Å². The van der Waals surface area contributed by atoms with E-state index < -0.39 is 10.0 Å². The number of aromatic hydroxyl groups is 1. The van der Waals surface area contributed by atoms with Crippen LogP contribution in [0.5, 0.6) is 5.75 Å². The molecule has 0 aliphatic heterocycles. The second kappa shape index (κ2) is 10.6. The van der Waals surface area contributed by atoms with Gasteiger partial charge >= 0.3 is 0 Å². The molecule has 5 nitrogen and oxygen atoms in total. The van der Waals surface area contributed by atoms with E-state index >= 15 is 0 Å². The average Bonchev–Trinajstić information content (AvgIpc) is 2.66. The third-order valence-electron chi connectivity index (χ3n) is 4.77. The number of benzene rings is 2. The normalized spacial score (nSPS) is 13.1. The van der Waals surface area contributed by atoms with Crippen molar-refractivity contribution in [2.75, 3.05) is 19.8 Å². The number of fused-ring (bicyclic) bond motifs is 1. The molecule has 150 valence electrons. The molecule has 0 aromatic heterocycles. The highest BCUT2D eigenvalue weighted by Gasteiger charge is 2.19. The molecule has 0 spiro atoms. The molecule has 0 heterocycles. The van der Waals surface area contributed by atoms with Crippen LogP contribution in [0.1, 0.15) is 46.0 Å². The van der Waals surface area contributed by atoms with Crippen molar-refractivity contribution in [3.63, 3.8) is 0 Å². The van der Waals surface area contributed by atoms with Crippen molar-refractivity contribution in [1.82, 2.24) is 4.72 Å². The van der Waals surface area contributed by atoms with Crippen LogP contribution in [-0.4, -0.2) is 33.3 Å². The molecule has 2 N–H and O–H groups in total. The molecule has 27 heavy (non-hydrogen) atoms. The third-order valence-corrected chi connectivity index (χ3v) is 6.26. The summed E-state index contributed by atoms with van der Waals surface area (Å²) in [6.07, 6.45) is 5.29. The maximum absolute atomic E-state index is 12.5. The topological polar surface area (TPSA) is 75.6 Å². The Kier molecular flexibility index (Phi) is 8.54. The number of hydrogen-bond acceptors (Lipinski definition) is 4. The van der Waals surface area contributed by atoms with Crippen molar-refractivity contribution < 1.29 is 18.3 Å². The Morgan fingerprint density at radius 3 is 2.48 bits per heavy atom. The van der Waals surface area contributed by atoms with Gasteiger partial charge in [-0.25, -0.2) is 13.1 Å².